The molecule has 0 bridgehead atoms. The van der Waals surface area contributed by atoms with Crippen LogP contribution >= 0.6 is 0 Å². The average Bonchev–Trinajstić information content (AvgIpc) is 2.57. The van der Waals surface area contributed by atoms with E-state index in [1.807, 2.05) is 27.7 Å². The van der Waals surface area contributed by atoms with E-state index < -0.39 is 23.9 Å². The minimum atomic E-state index is -0.875. The van der Waals surface area contributed by atoms with Crippen molar-refractivity contribution in [3.8, 4) is 0 Å². The van der Waals surface area contributed by atoms with Gasteiger partial charge in [-0.3, -0.25) is 4.79 Å². The Morgan fingerprint density at radius 2 is 1.59 bits per heavy atom. The molecule has 0 aliphatic carbocycles. The van der Waals surface area contributed by atoms with Crippen LogP contribution < -0.4 is 5.46 Å². The summed E-state index contributed by atoms with van der Waals surface area (Å²) < 4.78 is 17.1. The molecule has 1 saturated heterocycles. The van der Waals surface area contributed by atoms with Gasteiger partial charge in [0.1, 0.15) is 0 Å². The Kier molecular flexibility index (Phi) is 4.08. The molecule has 1 fully saturated rings. The molecule has 2 heterocycles. The molecular weight excluding hydrogens is 283 g/mol. The lowest BCUT2D eigenvalue weighted by Crippen LogP contribution is -2.41. The van der Waals surface area contributed by atoms with Gasteiger partial charge < -0.3 is 14.0 Å². The number of carbonyl (C=O) groups is 1. The first-order valence-electron chi connectivity index (χ1n) is 7.32. The van der Waals surface area contributed by atoms with Gasteiger partial charge in [-0.2, -0.15) is 0 Å². The summed E-state index contributed by atoms with van der Waals surface area (Å²) in [5.41, 5.74) is -0.956. The molecule has 22 heavy (non-hydrogen) atoms. The Labute approximate surface area is 131 Å². The van der Waals surface area contributed by atoms with E-state index >= 15 is 0 Å². The van der Waals surface area contributed by atoms with Crippen LogP contribution in [0.4, 0.5) is 0 Å². The molecule has 120 valence electrons. The van der Waals surface area contributed by atoms with E-state index in [0.717, 1.165) is 5.46 Å². The molecule has 0 radical (unpaired) electrons. The van der Waals surface area contributed by atoms with E-state index in [4.69, 9.17) is 14.0 Å². The summed E-state index contributed by atoms with van der Waals surface area (Å²) in [6.45, 7) is 12.8. The molecule has 0 N–H and O–H groups in total. The smallest absolute Gasteiger partial charge is 0.452 e. The van der Waals surface area contributed by atoms with Gasteiger partial charge in [-0.05, 0) is 41.5 Å². The number of esters is 1. The number of rotatable bonds is 3. The molecular formula is C15H23BN2O4. The lowest BCUT2D eigenvalue weighted by molar-refractivity contribution is -0.155. The van der Waals surface area contributed by atoms with Crippen molar-refractivity contribution in [2.75, 3.05) is 0 Å². The van der Waals surface area contributed by atoms with Crippen LogP contribution in [-0.4, -0.2) is 34.3 Å². The van der Waals surface area contributed by atoms with Gasteiger partial charge in [0.05, 0.1) is 11.2 Å². The lowest BCUT2D eigenvalue weighted by Gasteiger charge is -2.32. The largest absolute Gasteiger partial charge is 0.498 e. The molecule has 1 aliphatic heterocycles. The van der Waals surface area contributed by atoms with Gasteiger partial charge in [-0.15, -0.1) is 0 Å². The van der Waals surface area contributed by atoms with E-state index in [-0.39, 0.29) is 5.97 Å². The first kappa shape index (κ1) is 16.9. The van der Waals surface area contributed by atoms with Crippen molar-refractivity contribution in [3.63, 3.8) is 0 Å². The molecule has 0 atom stereocenters. The number of hydrogen-bond acceptors (Lipinski definition) is 6. The van der Waals surface area contributed by atoms with Gasteiger partial charge >= 0.3 is 13.1 Å². The molecule has 0 saturated carbocycles. The summed E-state index contributed by atoms with van der Waals surface area (Å²) in [5.74, 6) is 0.0617. The highest BCUT2D eigenvalue weighted by molar-refractivity contribution is 6.61. The zero-order valence-electron chi connectivity index (χ0n) is 14.3. The van der Waals surface area contributed by atoms with Crippen molar-refractivity contribution in [1.29, 1.82) is 0 Å². The van der Waals surface area contributed by atoms with Gasteiger partial charge in [0.15, 0.2) is 11.4 Å². The van der Waals surface area contributed by atoms with Crippen LogP contribution in [0.25, 0.3) is 0 Å². The predicted molar refractivity (Wildman–Crippen MR) is 82.5 cm³/mol. The molecule has 6 nitrogen and oxygen atoms in total. The number of nitrogens with zero attached hydrogens (tertiary/aromatic N) is 2. The predicted octanol–water partition coefficient (Wildman–Crippen LogP) is 1.57. The van der Waals surface area contributed by atoms with Gasteiger partial charge in [-0.25, -0.2) is 9.97 Å². The molecule has 0 spiro atoms. The van der Waals surface area contributed by atoms with Gasteiger partial charge in [0, 0.05) is 24.8 Å². The van der Waals surface area contributed by atoms with Crippen LogP contribution in [-0.2, 0) is 24.4 Å². The molecule has 1 aromatic rings. The Hall–Kier alpha value is -1.47. The first-order valence-corrected chi connectivity index (χ1v) is 7.32. The molecule has 0 unspecified atom stereocenters. The Morgan fingerprint density at radius 1 is 1.14 bits per heavy atom. The fourth-order valence-corrected chi connectivity index (χ4v) is 2.15. The van der Waals surface area contributed by atoms with Crippen molar-refractivity contribution in [3.05, 3.63) is 18.2 Å². The summed E-state index contributed by atoms with van der Waals surface area (Å²) >= 11 is 0. The fraction of sp³-hybridized carbons (Fsp3) is 0.667. The van der Waals surface area contributed by atoms with Crippen LogP contribution in [0, 0.1) is 0 Å². The molecule has 1 aromatic heterocycles. The molecule has 1 aliphatic rings. The summed E-state index contributed by atoms with van der Waals surface area (Å²) in [4.78, 5) is 19.7. The first-order chi connectivity index (χ1) is 9.95. The van der Waals surface area contributed by atoms with E-state index in [9.17, 15) is 4.79 Å². The Balaban J connectivity index is 2.19. The standard InChI is InChI=1S/C15H23BN2O4/c1-10(19)20-13(2,3)12-17-8-11(9-18-12)16-21-14(4,5)15(6,7)22-16/h8-9H,1-7H3. The highest BCUT2D eigenvalue weighted by Crippen LogP contribution is 2.36. The zero-order valence-corrected chi connectivity index (χ0v) is 14.3. The van der Waals surface area contributed by atoms with E-state index in [2.05, 4.69) is 9.97 Å². The highest BCUT2D eigenvalue weighted by atomic mass is 16.7. The number of hydrogen-bond donors (Lipinski definition) is 0. The summed E-state index contributed by atoms with van der Waals surface area (Å²) in [6.07, 6.45) is 3.30. The second-order valence-electron chi connectivity index (χ2n) is 7.03. The summed E-state index contributed by atoms with van der Waals surface area (Å²) in [7, 11) is -0.504. The highest BCUT2D eigenvalue weighted by Gasteiger charge is 2.52. The van der Waals surface area contributed by atoms with E-state index in [1.165, 1.54) is 6.92 Å². The topological polar surface area (TPSA) is 70.5 Å². The van der Waals surface area contributed by atoms with Crippen LogP contribution in [0.15, 0.2) is 12.4 Å². The van der Waals surface area contributed by atoms with Gasteiger partial charge in [-0.1, -0.05) is 0 Å². The Morgan fingerprint density at radius 3 is 2.00 bits per heavy atom. The summed E-state index contributed by atoms with van der Waals surface area (Å²) in [6, 6.07) is 0. The normalized spacial score (nSPS) is 20.0. The SMILES string of the molecule is CC(=O)OC(C)(C)c1ncc(B2OC(C)(C)C(C)(C)O2)cn1. The number of ether oxygens (including phenoxy) is 1. The third-order valence-corrected chi connectivity index (χ3v) is 4.13. The Bertz CT molecular complexity index is 553. The molecule has 0 amide bonds. The molecule has 7 heteroatoms. The van der Waals surface area contributed by atoms with Crippen molar-refractivity contribution in [2.24, 2.45) is 0 Å². The van der Waals surface area contributed by atoms with Crippen molar-refractivity contribution in [2.45, 2.75) is 65.3 Å². The lowest BCUT2D eigenvalue weighted by atomic mass is 9.81. The van der Waals surface area contributed by atoms with Crippen molar-refractivity contribution >= 4 is 18.6 Å². The molecule has 0 aromatic carbocycles. The average molecular weight is 306 g/mol. The maximum Gasteiger partial charge on any atom is 0.498 e. The van der Waals surface area contributed by atoms with E-state index in [1.54, 1.807) is 26.2 Å². The fourth-order valence-electron chi connectivity index (χ4n) is 2.15. The minimum absolute atomic E-state index is 0.372. The number of carbonyl (C=O) groups excluding carboxylic acids is 1. The third-order valence-electron chi connectivity index (χ3n) is 4.13. The van der Waals surface area contributed by atoms with Crippen LogP contribution in [0.1, 0.15) is 54.3 Å². The second-order valence-corrected chi connectivity index (χ2v) is 7.03. The van der Waals surface area contributed by atoms with Gasteiger partial charge in [0.25, 0.3) is 0 Å². The van der Waals surface area contributed by atoms with Crippen LogP contribution in [0.5, 0.6) is 0 Å². The monoisotopic (exact) mass is 306 g/mol. The maximum absolute atomic E-state index is 11.1. The third kappa shape index (κ3) is 3.15. The second kappa shape index (κ2) is 5.31. The maximum atomic E-state index is 11.1. The van der Waals surface area contributed by atoms with Crippen molar-refractivity contribution in [1.82, 2.24) is 9.97 Å². The number of aromatic nitrogens is 2. The molecule has 2 rings (SSSR count). The van der Waals surface area contributed by atoms with Crippen molar-refractivity contribution < 1.29 is 18.8 Å². The van der Waals surface area contributed by atoms with E-state index in [0.29, 0.717) is 5.82 Å². The van der Waals surface area contributed by atoms with Crippen LogP contribution in [0.3, 0.4) is 0 Å². The van der Waals surface area contributed by atoms with Crippen LogP contribution in [0.2, 0.25) is 0 Å². The van der Waals surface area contributed by atoms with Gasteiger partial charge in [0.2, 0.25) is 0 Å². The minimum Gasteiger partial charge on any atom is -0.452 e. The zero-order chi connectivity index (χ0) is 16.8. The quantitative estimate of drug-likeness (QED) is 0.623. The summed E-state index contributed by atoms with van der Waals surface area (Å²) in [5, 5.41) is 0.